The van der Waals surface area contributed by atoms with Crippen molar-refractivity contribution in [3.63, 3.8) is 0 Å². The minimum Gasteiger partial charge on any atom is -0.493 e. The molecule has 7 nitrogen and oxygen atoms in total. The molecule has 1 aromatic heterocycles. The second-order valence-electron chi connectivity index (χ2n) is 11.0. The van der Waals surface area contributed by atoms with Crippen molar-refractivity contribution in [2.45, 2.75) is 64.3 Å². The molecule has 0 spiro atoms. The molecule has 2 atom stereocenters. The van der Waals surface area contributed by atoms with Gasteiger partial charge in [-0.2, -0.15) is 0 Å². The van der Waals surface area contributed by atoms with Crippen LogP contribution < -0.4 is 15.4 Å². The molecule has 3 aliphatic rings. The second kappa shape index (κ2) is 12.0. The van der Waals surface area contributed by atoms with Crippen LogP contribution in [-0.4, -0.2) is 53.1 Å². The number of nitrogens with zero attached hydrogens (tertiary/aromatic N) is 4. The number of carbonyl (C=O) groups is 1. The Labute approximate surface area is 226 Å². The lowest BCUT2D eigenvalue weighted by Gasteiger charge is -2.31. The van der Waals surface area contributed by atoms with Crippen LogP contribution in [0.3, 0.4) is 0 Å². The average molecular weight is 516 g/mol. The van der Waals surface area contributed by atoms with E-state index in [2.05, 4.69) is 58.7 Å². The first-order valence-electron chi connectivity index (χ1n) is 14.2. The van der Waals surface area contributed by atoms with Gasteiger partial charge in [0.15, 0.2) is 0 Å². The standard InChI is InChI=1S/C31H41N5O2/c1-3-23-19-33-31(34-20-23)35-17-14-24(15-18-35)21-38-28-12-10-26(11-13-28)25-6-8-27(9-7-25)30(37)36-16-4-5-29(36)22(2)32/h6,10-13,19-20,24,27,29H,2-5,7-9,14-18,21,32H2,1H3. The first-order valence-corrected chi connectivity index (χ1v) is 14.2. The summed E-state index contributed by atoms with van der Waals surface area (Å²) in [6.07, 6.45) is 13.8. The molecule has 1 aliphatic carbocycles. The fourth-order valence-electron chi connectivity index (χ4n) is 5.94. The summed E-state index contributed by atoms with van der Waals surface area (Å²) in [6.45, 7) is 9.48. The summed E-state index contributed by atoms with van der Waals surface area (Å²) >= 11 is 0. The summed E-state index contributed by atoms with van der Waals surface area (Å²) in [5.41, 5.74) is 10.3. The minimum atomic E-state index is 0.0138. The molecule has 2 N–H and O–H groups in total. The Morgan fingerprint density at radius 1 is 1.08 bits per heavy atom. The number of rotatable bonds is 8. The van der Waals surface area contributed by atoms with Gasteiger partial charge in [0.05, 0.1) is 12.6 Å². The molecule has 2 fully saturated rings. The zero-order valence-electron chi connectivity index (χ0n) is 22.6. The Balaban J connectivity index is 1.07. The van der Waals surface area contributed by atoms with Gasteiger partial charge in [-0.15, -0.1) is 0 Å². The van der Waals surface area contributed by atoms with Crippen LogP contribution >= 0.6 is 0 Å². The fourth-order valence-corrected chi connectivity index (χ4v) is 5.94. The largest absolute Gasteiger partial charge is 0.493 e. The summed E-state index contributed by atoms with van der Waals surface area (Å²) in [4.78, 5) is 26.4. The van der Waals surface area contributed by atoms with E-state index in [1.165, 1.54) is 16.7 Å². The van der Waals surface area contributed by atoms with E-state index < -0.39 is 0 Å². The summed E-state index contributed by atoms with van der Waals surface area (Å²) in [5.74, 6) is 2.59. The van der Waals surface area contributed by atoms with E-state index in [9.17, 15) is 4.79 Å². The fraction of sp³-hybridized carbons (Fsp3) is 0.516. The van der Waals surface area contributed by atoms with E-state index in [1.54, 1.807) is 0 Å². The highest BCUT2D eigenvalue weighted by Crippen LogP contribution is 2.34. The van der Waals surface area contributed by atoms with Crippen molar-refractivity contribution in [1.82, 2.24) is 14.9 Å². The normalized spacial score (nSPS) is 22.3. The molecular formula is C31H41N5O2. The van der Waals surface area contributed by atoms with Gasteiger partial charge in [-0.1, -0.05) is 31.7 Å². The van der Waals surface area contributed by atoms with E-state index in [0.717, 1.165) is 89.3 Å². The zero-order chi connectivity index (χ0) is 26.5. The molecule has 0 radical (unpaired) electrons. The van der Waals surface area contributed by atoms with Crippen LogP contribution in [-0.2, 0) is 11.2 Å². The Morgan fingerprint density at radius 3 is 2.45 bits per heavy atom. The molecule has 1 aromatic carbocycles. The maximum atomic E-state index is 13.1. The number of nitrogens with two attached hydrogens (primary N) is 1. The lowest BCUT2D eigenvalue weighted by atomic mass is 9.85. The number of aromatic nitrogens is 2. The van der Waals surface area contributed by atoms with Crippen LogP contribution in [0.15, 0.2) is 55.0 Å². The molecule has 202 valence electrons. The van der Waals surface area contributed by atoms with E-state index in [-0.39, 0.29) is 17.9 Å². The van der Waals surface area contributed by atoms with Crippen molar-refractivity contribution in [3.05, 3.63) is 66.1 Å². The van der Waals surface area contributed by atoms with Crippen LogP contribution in [0.2, 0.25) is 0 Å². The number of allylic oxidation sites excluding steroid dienone is 2. The van der Waals surface area contributed by atoms with Crippen LogP contribution in [0, 0.1) is 11.8 Å². The van der Waals surface area contributed by atoms with E-state index in [1.807, 2.05) is 17.3 Å². The third-order valence-electron chi connectivity index (χ3n) is 8.43. The third kappa shape index (κ3) is 6.03. The number of hydrogen-bond donors (Lipinski definition) is 1. The van der Waals surface area contributed by atoms with Gasteiger partial charge in [0.1, 0.15) is 5.75 Å². The molecule has 7 heteroatoms. The van der Waals surface area contributed by atoms with Gasteiger partial charge in [0.2, 0.25) is 11.9 Å². The number of amides is 1. The molecule has 0 saturated carbocycles. The Bertz CT molecular complexity index is 1140. The highest BCUT2D eigenvalue weighted by Gasteiger charge is 2.34. The van der Waals surface area contributed by atoms with Crippen molar-refractivity contribution in [2.75, 3.05) is 31.1 Å². The lowest BCUT2D eigenvalue weighted by Crippen LogP contribution is -2.42. The second-order valence-corrected chi connectivity index (χ2v) is 11.0. The highest BCUT2D eigenvalue weighted by atomic mass is 16.5. The maximum Gasteiger partial charge on any atom is 0.226 e. The highest BCUT2D eigenvalue weighted by molar-refractivity contribution is 5.81. The molecule has 3 heterocycles. The zero-order valence-corrected chi connectivity index (χ0v) is 22.6. The lowest BCUT2D eigenvalue weighted by molar-refractivity contribution is -0.136. The number of carbonyl (C=O) groups excluding carboxylic acids is 1. The van der Waals surface area contributed by atoms with E-state index in [0.29, 0.717) is 11.6 Å². The predicted molar refractivity (Wildman–Crippen MR) is 152 cm³/mol. The molecule has 2 aliphatic heterocycles. The van der Waals surface area contributed by atoms with Gasteiger partial charge >= 0.3 is 0 Å². The first kappa shape index (κ1) is 26.3. The van der Waals surface area contributed by atoms with Crippen molar-refractivity contribution < 1.29 is 9.53 Å². The Kier molecular flexibility index (Phi) is 8.30. The average Bonchev–Trinajstić information content (AvgIpc) is 3.47. The minimum absolute atomic E-state index is 0.0138. The molecule has 0 bridgehead atoms. The number of anilines is 1. The smallest absolute Gasteiger partial charge is 0.226 e. The summed E-state index contributed by atoms with van der Waals surface area (Å²) < 4.78 is 6.16. The number of ether oxygens (including phenoxy) is 1. The quantitative estimate of drug-likeness (QED) is 0.534. The van der Waals surface area contributed by atoms with Crippen molar-refractivity contribution in [2.24, 2.45) is 17.6 Å². The number of aryl methyl sites for hydroxylation is 1. The van der Waals surface area contributed by atoms with Gasteiger partial charge in [0.25, 0.3) is 0 Å². The molecule has 38 heavy (non-hydrogen) atoms. The van der Waals surface area contributed by atoms with Crippen LogP contribution in [0.1, 0.15) is 63.0 Å². The van der Waals surface area contributed by atoms with Gasteiger partial charge in [-0.05, 0) is 86.1 Å². The molecule has 5 rings (SSSR count). The van der Waals surface area contributed by atoms with Crippen molar-refractivity contribution in [3.8, 4) is 5.75 Å². The van der Waals surface area contributed by atoms with Gasteiger partial charge in [-0.25, -0.2) is 9.97 Å². The van der Waals surface area contributed by atoms with Gasteiger partial charge in [-0.3, -0.25) is 4.79 Å². The van der Waals surface area contributed by atoms with E-state index in [4.69, 9.17) is 10.5 Å². The molecule has 2 saturated heterocycles. The first-order chi connectivity index (χ1) is 18.5. The number of piperidine rings is 1. The third-order valence-corrected chi connectivity index (χ3v) is 8.43. The van der Waals surface area contributed by atoms with E-state index >= 15 is 0 Å². The van der Waals surface area contributed by atoms with Crippen LogP contribution in [0.5, 0.6) is 5.75 Å². The van der Waals surface area contributed by atoms with Crippen molar-refractivity contribution in [1.29, 1.82) is 0 Å². The number of hydrogen-bond acceptors (Lipinski definition) is 6. The Hall–Kier alpha value is -3.35. The summed E-state index contributed by atoms with van der Waals surface area (Å²) in [5, 5.41) is 0. The van der Waals surface area contributed by atoms with Crippen LogP contribution in [0.4, 0.5) is 5.95 Å². The van der Waals surface area contributed by atoms with Gasteiger partial charge < -0.3 is 20.3 Å². The molecule has 1 amide bonds. The summed E-state index contributed by atoms with van der Waals surface area (Å²) in [6, 6.07) is 8.47. The Morgan fingerprint density at radius 2 is 1.82 bits per heavy atom. The SMILES string of the molecule is C=C(N)C1CCCN1C(=O)C1CC=C(c2ccc(OCC3CCN(c4ncc(CC)cn4)CC3)cc2)CC1. The molecular weight excluding hydrogens is 474 g/mol. The van der Waals surface area contributed by atoms with Crippen LogP contribution in [0.25, 0.3) is 5.57 Å². The summed E-state index contributed by atoms with van der Waals surface area (Å²) in [7, 11) is 0. The topological polar surface area (TPSA) is 84.6 Å². The predicted octanol–water partition coefficient (Wildman–Crippen LogP) is 4.98. The molecule has 2 aromatic rings. The number of likely N-dealkylation sites (tertiary alicyclic amines) is 1. The number of benzene rings is 1. The maximum absolute atomic E-state index is 13.1. The molecule has 2 unspecified atom stereocenters. The van der Waals surface area contributed by atoms with Gasteiger partial charge in [0, 0.05) is 43.6 Å². The monoisotopic (exact) mass is 515 g/mol. The van der Waals surface area contributed by atoms with Crippen molar-refractivity contribution >= 4 is 17.4 Å².